The van der Waals surface area contributed by atoms with Gasteiger partial charge in [-0.25, -0.2) is 18.4 Å². The van der Waals surface area contributed by atoms with E-state index in [0.29, 0.717) is 36.6 Å². The Kier molecular flexibility index (Phi) is 6.49. The highest BCUT2D eigenvalue weighted by molar-refractivity contribution is 6.00. The van der Waals surface area contributed by atoms with Gasteiger partial charge in [0.1, 0.15) is 40.3 Å². The average molecular weight is 684 g/mol. The van der Waals surface area contributed by atoms with E-state index in [9.17, 15) is 27.9 Å². The van der Waals surface area contributed by atoms with Crippen LogP contribution in [0.2, 0.25) is 0 Å². The number of benzene rings is 2. The molecule has 12 nitrogen and oxygen atoms in total. The molecule has 0 saturated heterocycles. The summed E-state index contributed by atoms with van der Waals surface area (Å²) >= 11 is 0. The number of halogens is 4. The lowest BCUT2D eigenvalue weighted by Crippen LogP contribution is -2.45. The lowest BCUT2D eigenvalue weighted by Gasteiger charge is -2.30. The Balaban J connectivity index is 1.18. The molecule has 8 rings (SSSR count). The molecule has 2 atom stereocenters. The zero-order valence-electron chi connectivity index (χ0n) is 26.1. The van der Waals surface area contributed by atoms with Crippen molar-refractivity contribution >= 4 is 22.7 Å². The number of nitrogens with zero attached hydrogens (tertiary/aromatic N) is 3. The van der Waals surface area contributed by atoms with E-state index in [1.54, 1.807) is 0 Å². The Bertz CT molecular complexity index is 2100. The van der Waals surface area contributed by atoms with Crippen molar-refractivity contribution in [3.63, 3.8) is 0 Å². The van der Waals surface area contributed by atoms with Crippen molar-refractivity contribution in [1.82, 2.24) is 20.1 Å². The Morgan fingerprint density at radius 3 is 2.57 bits per heavy atom. The fourth-order valence-corrected chi connectivity index (χ4v) is 6.47. The van der Waals surface area contributed by atoms with Crippen LogP contribution in [0.1, 0.15) is 54.2 Å². The second kappa shape index (κ2) is 10.2. The third-order valence-corrected chi connectivity index (χ3v) is 9.68. The van der Waals surface area contributed by atoms with Crippen LogP contribution in [-0.2, 0) is 21.6 Å². The van der Waals surface area contributed by atoms with E-state index in [4.69, 9.17) is 15.2 Å². The van der Waals surface area contributed by atoms with Gasteiger partial charge in [-0.1, -0.05) is 0 Å². The minimum Gasteiger partial charge on any atom is -0.494 e. The Morgan fingerprint density at radius 1 is 1.16 bits per heavy atom. The number of rotatable bonds is 9. The van der Waals surface area contributed by atoms with Crippen LogP contribution in [0.5, 0.6) is 23.0 Å². The number of carbonyl (C=O) groups is 2. The van der Waals surface area contributed by atoms with Gasteiger partial charge in [-0.3, -0.25) is 9.59 Å². The summed E-state index contributed by atoms with van der Waals surface area (Å²) in [6, 6.07) is 6.71. The molecule has 0 spiro atoms. The van der Waals surface area contributed by atoms with Crippen LogP contribution in [-0.4, -0.2) is 58.2 Å². The van der Waals surface area contributed by atoms with Crippen LogP contribution < -0.4 is 30.0 Å². The van der Waals surface area contributed by atoms with E-state index in [0.717, 1.165) is 0 Å². The summed E-state index contributed by atoms with van der Waals surface area (Å²) < 4.78 is 80.6. The first-order chi connectivity index (χ1) is 23.2. The van der Waals surface area contributed by atoms with Gasteiger partial charge in [0.25, 0.3) is 5.91 Å². The van der Waals surface area contributed by atoms with Gasteiger partial charge in [-0.2, -0.15) is 5.10 Å². The molecular weight excluding hydrogens is 654 g/mol. The summed E-state index contributed by atoms with van der Waals surface area (Å²) in [6.45, 7) is 0.529. The molecule has 49 heavy (non-hydrogen) atoms. The lowest BCUT2D eigenvalue weighted by molar-refractivity contribution is -0.286. The number of hydrogen-bond donors (Lipinski definition) is 3. The molecule has 2 fully saturated rings. The van der Waals surface area contributed by atoms with E-state index in [1.807, 2.05) is 0 Å². The number of aromatic nitrogens is 3. The summed E-state index contributed by atoms with van der Waals surface area (Å²) in [5, 5.41) is 19.6. The van der Waals surface area contributed by atoms with Crippen LogP contribution in [0.4, 0.5) is 17.6 Å². The van der Waals surface area contributed by atoms with Gasteiger partial charge in [0.05, 0.1) is 19.2 Å². The molecule has 4 aliphatic rings. The van der Waals surface area contributed by atoms with Gasteiger partial charge in [0, 0.05) is 35.6 Å². The molecule has 2 saturated carbocycles. The van der Waals surface area contributed by atoms with Gasteiger partial charge in [-0.15, -0.1) is 8.78 Å². The number of ether oxygens (including phenoxy) is 4. The topological polar surface area (TPSA) is 160 Å². The highest BCUT2D eigenvalue weighted by Crippen LogP contribution is 2.53. The van der Waals surface area contributed by atoms with E-state index in [2.05, 4.69) is 24.9 Å². The second-order valence-corrected chi connectivity index (χ2v) is 13.1. The molecule has 0 radical (unpaired) electrons. The predicted octanol–water partition coefficient (Wildman–Crippen LogP) is 4.15. The summed E-state index contributed by atoms with van der Waals surface area (Å²) in [4.78, 5) is 30.7. The number of fused-ring (bicyclic) bond motifs is 3. The van der Waals surface area contributed by atoms with Gasteiger partial charge < -0.3 is 35.1 Å². The van der Waals surface area contributed by atoms with Crippen LogP contribution in [0.15, 0.2) is 36.5 Å². The summed E-state index contributed by atoms with van der Waals surface area (Å²) in [5.41, 5.74) is 1.72. The van der Waals surface area contributed by atoms with E-state index >= 15 is 4.39 Å². The molecule has 0 bridgehead atoms. The van der Waals surface area contributed by atoms with E-state index in [1.165, 1.54) is 55.2 Å². The van der Waals surface area contributed by atoms with Crippen molar-refractivity contribution in [3.8, 4) is 34.3 Å². The number of hydrogen-bond acceptors (Lipinski definition) is 9. The highest BCUT2D eigenvalue weighted by atomic mass is 19.3. The first-order valence-electron chi connectivity index (χ1n) is 15.5. The Morgan fingerprint density at radius 2 is 1.90 bits per heavy atom. The van der Waals surface area contributed by atoms with Crippen molar-refractivity contribution in [1.29, 1.82) is 0 Å². The SMILES string of the molecule is COc1cc(C(=O)NC[C@](O)(c2nc(-c3ccc4c(c3)OC(F)(F)O4)c3c(c2F)[C@](C)(C(N)=O)CO3)C2CC2)cc2cn(C3(F)CC3)nc12. The number of aliphatic hydroxyl groups is 1. The molecule has 4 N–H and O–H groups in total. The van der Waals surface area contributed by atoms with Crippen molar-refractivity contribution in [2.45, 2.75) is 55.7 Å². The molecule has 4 aromatic rings. The summed E-state index contributed by atoms with van der Waals surface area (Å²) in [5.74, 6) is -5.24. The van der Waals surface area contributed by atoms with Crippen molar-refractivity contribution in [3.05, 3.63) is 59.2 Å². The van der Waals surface area contributed by atoms with Gasteiger partial charge in [-0.05, 0) is 56.0 Å². The fourth-order valence-electron chi connectivity index (χ4n) is 6.47. The maximum atomic E-state index is 16.7. The number of pyridine rings is 1. The predicted molar refractivity (Wildman–Crippen MR) is 161 cm³/mol. The molecule has 2 aromatic carbocycles. The van der Waals surface area contributed by atoms with E-state index in [-0.39, 0.29) is 52.0 Å². The quantitative estimate of drug-likeness (QED) is 0.220. The smallest absolute Gasteiger partial charge is 0.494 e. The van der Waals surface area contributed by atoms with Crippen molar-refractivity contribution in [2.24, 2.45) is 11.7 Å². The molecule has 256 valence electrons. The highest BCUT2D eigenvalue weighted by Gasteiger charge is 2.53. The van der Waals surface area contributed by atoms with Crippen LogP contribution in [0.3, 0.4) is 0 Å². The molecular formula is C33H29F4N5O7. The zero-order valence-corrected chi connectivity index (χ0v) is 26.1. The third-order valence-electron chi connectivity index (χ3n) is 9.68. The Hall–Kier alpha value is -5.12. The normalized spacial score (nSPS) is 22.3. The number of nitrogens with two attached hydrogens (primary N) is 1. The molecule has 2 aromatic heterocycles. The minimum absolute atomic E-state index is 0.0723. The van der Waals surface area contributed by atoms with E-state index < -0.39 is 58.9 Å². The van der Waals surface area contributed by atoms with Gasteiger partial charge >= 0.3 is 6.29 Å². The van der Waals surface area contributed by atoms with Gasteiger partial charge in [0.15, 0.2) is 23.1 Å². The number of carbonyl (C=O) groups excluding carboxylic acids is 2. The molecule has 0 unspecified atom stereocenters. The zero-order chi connectivity index (χ0) is 34.7. The van der Waals surface area contributed by atoms with Crippen LogP contribution >= 0.6 is 0 Å². The monoisotopic (exact) mass is 683 g/mol. The number of alkyl halides is 3. The fraction of sp³-hybridized carbons (Fsp3) is 0.394. The maximum Gasteiger partial charge on any atom is 0.586 e. The molecule has 16 heteroatoms. The van der Waals surface area contributed by atoms with Crippen LogP contribution in [0.25, 0.3) is 22.2 Å². The number of amides is 2. The Labute approximate surface area is 275 Å². The van der Waals surface area contributed by atoms with Crippen LogP contribution in [0, 0.1) is 11.7 Å². The minimum atomic E-state index is -3.91. The third kappa shape index (κ3) is 4.82. The maximum absolute atomic E-state index is 16.7. The number of primary amides is 1. The summed E-state index contributed by atoms with van der Waals surface area (Å²) in [7, 11) is 1.39. The number of nitrogens with one attached hydrogen (secondary N) is 1. The largest absolute Gasteiger partial charge is 0.586 e. The molecule has 4 heterocycles. The lowest BCUT2D eigenvalue weighted by atomic mass is 9.80. The van der Waals surface area contributed by atoms with Crippen molar-refractivity contribution in [2.75, 3.05) is 20.3 Å². The van der Waals surface area contributed by atoms with Gasteiger partial charge in [0.2, 0.25) is 11.7 Å². The first-order valence-corrected chi connectivity index (χ1v) is 15.5. The van der Waals surface area contributed by atoms with Crippen molar-refractivity contribution < 1.29 is 51.2 Å². The molecule has 2 aliphatic heterocycles. The average Bonchev–Trinajstić information content (AvgIpc) is 3.94. The number of methoxy groups -OCH3 is 1. The standard InChI is InChI=1S/C33H29F4N5O7/c1-30(29(38)44)14-47-26-22(30)23(34)27(40-25(26)15-3-6-19-20(10-15)49-33(36,37)48-19)32(45,18-4-5-18)13-39-28(43)16-9-17-12-42(31(35)7-8-31)41-24(17)21(11-16)46-2/h3,6,9-12,18,45H,4-5,7-8,13-14H2,1-2H3,(H2,38,44)(H,39,43)/t30-,32-/m1/s1. The molecule has 2 aliphatic carbocycles. The summed E-state index contributed by atoms with van der Waals surface area (Å²) in [6.07, 6.45) is -0.847. The second-order valence-electron chi connectivity index (χ2n) is 13.1. The molecule has 2 amide bonds. The first kappa shape index (κ1) is 31.2.